The van der Waals surface area contributed by atoms with Gasteiger partial charge in [-0.3, -0.25) is 0 Å². The zero-order chi connectivity index (χ0) is 12.5. The van der Waals surface area contributed by atoms with Crippen molar-refractivity contribution < 1.29 is 4.74 Å². The van der Waals surface area contributed by atoms with Crippen molar-refractivity contribution in [2.45, 2.75) is 26.7 Å². The van der Waals surface area contributed by atoms with Gasteiger partial charge >= 0.3 is 0 Å². The summed E-state index contributed by atoms with van der Waals surface area (Å²) < 4.78 is 5.45. The molecular formula is C14H20N2O. The molecule has 3 heteroatoms. The fraction of sp³-hybridized carbons (Fsp3) is 0.500. The molecule has 0 amide bonds. The van der Waals surface area contributed by atoms with Crippen molar-refractivity contribution in [2.24, 2.45) is 0 Å². The Morgan fingerprint density at radius 3 is 2.88 bits per heavy atom. The molecule has 0 saturated carbocycles. The van der Waals surface area contributed by atoms with Crippen LogP contribution in [0.2, 0.25) is 0 Å². The van der Waals surface area contributed by atoms with Gasteiger partial charge in [-0.2, -0.15) is 5.26 Å². The first-order valence-electron chi connectivity index (χ1n) is 6.10. The fourth-order valence-corrected chi connectivity index (χ4v) is 1.51. The Balaban J connectivity index is 2.34. The second-order valence-electron chi connectivity index (χ2n) is 4.05. The van der Waals surface area contributed by atoms with Crippen LogP contribution in [0.25, 0.3) is 0 Å². The molecular weight excluding hydrogens is 212 g/mol. The molecule has 0 saturated heterocycles. The van der Waals surface area contributed by atoms with Crippen molar-refractivity contribution in [1.29, 1.82) is 5.26 Å². The summed E-state index contributed by atoms with van der Waals surface area (Å²) >= 11 is 0. The van der Waals surface area contributed by atoms with E-state index in [9.17, 15) is 0 Å². The van der Waals surface area contributed by atoms with Crippen molar-refractivity contribution in [3.05, 3.63) is 29.3 Å². The lowest BCUT2D eigenvalue weighted by Gasteiger charge is -2.09. The van der Waals surface area contributed by atoms with Gasteiger partial charge in [0.1, 0.15) is 6.07 Å². The molecule has 0 aliphatic heterocycles. The summed E-state index contributed by atoms with van der Waals surface area (Å²) in [6.07, 6.45) is 2.26. The molecule has 1 rings (SSSR count). The van der Waals surface area contributed by atoms with E-state index >= 15 is 0 Å². The maximum absolute atomic E-state index is 8.99. The van der Waals surface area contributed by atoms with E-state index in [1.165, 1.54) is 0 Å². The molecule has 0 heterocycles. The first-order valence-corrected chi connectivity index (χ1v) is 6.10. The summed E-state index contributed by atoms with van der Waals surface area (Å²) in [6.45, 7) is 6.36. The molecule has 1 aromatic carbocycles. The van der Waals surface area contributed by atoms with Crippen LogP contribution in [0, 0.1) is 18.3 Å². The third-order valence-electron chi connectivity index (χ3n) is 2.50. The van der Waals surface area contributed by atoms with Gasteiger partial charge < -0.3 is 10.1 Å². The average molecular weight is 232 g/mol. The lowest BCUT2D eigenvalue weighted by molar-refractivity contribution is 0.141. The number of hydrogen-bond acceptors (Lipinski definition) is 3. The number of unbranched alkanes of at least 4 members (excludes halogenated alkanes) is 1. The van der Waals surface area contributed by atoms with E-state index < -0.39 is 0 Å². The largest absolute Gasteiger partial charge is 0.382 e. The van der Waals surface area contributed by atoms with E-state index in [2.05, 4.69) is 18.3 Å². The van der Waals surface area contributed by atoms with E-state index in [1.807, 2.05) is 25.1 Å². The van der Waals surface area contributed by atoms with E-state index in [1.54, 1.807) is 0 Å². The first-order chi connectivity index (χ1) is 8.27. The summed E-state index contributed by atoms with van der Waals surface area (Å²) in [5, 5.41) is 12.2. The van der Waals surface area contributed by atoms with Crippen molar-refractivity contribution in [1.82, 2.24) is 0 Å². The number of benzene rings is 1. The summed E-state index contributed by atoms with van der Waals surface area (Å²) in [6, 6.07) is 8.03. The third kappa shape index (κ3) is 4.88. The summed E-state index contributed by atoms with van der Waals surface area (Å²) in [4.78, 5) is 0. The number of nitriles is 1. The van der Waals surface area contributed by atoms with Crippen LogP contribution in [-0.4, -0.2) is 19.8 Å². The van der Waals surface area contributed by atoms with Gasteiger partial charge in [0.15, 0.2) is 0 Å². The predicted octanol–water partition coefficient (Wildman–Crippen LogP) is 3.10. The number of nitrogens with one attached hydrogen (secondary N) is 1. The maximum Gasteiger partial charge on any atom is 0.101 e. The van der Waals surface area contributed by atoms with Gasteiger partial charge in [0, 0.05) is 13.2 Å². The third-order valence-corrected chi connectivity index (χ3v) is 2.50. The smallest absolute Gasteiger partial charge is 0.101 e. The highest BCUT2D eigenvalue weighted by Crippen LogP contribution is 2.15. The van der Waals surface area contributed by atoms with Crippen LogP contribution < -0.4 is 5.32 Å². The van der Waals surface area contributed by atoms with Crippen LogP contribution in [0.1, 0.15) is 30.9 Å². The number of rotatable bonds is 7. The molecule has 3 nitrogen and oxygen atoms in total. The van der Waals surface area contributed by atoms with Crippen LogP contribution >= 0.6 is 0 Å². The predicted molar refractivity (Wildman–Crippen MR) is 70.1 cm³/mol. The SMILES string of the molecule is CCCCOCCNc1ccc(C)cc1C#N. The minimum absolute atomic E-state index is 0.679. The quantitative estimate of drug-likeness (QED) is 0.735. The van der Waals surface area contributed by atoms with E-state index in [4.69, 9.17) is 10.00 Å². The van der Waals surface area contributed by atoms with Crippen LogP contribution in [0.3, 0.4) is 0 Å². The van der Waals surface area contributed by atoms with Crippen LogP contribution in [0.15, 0.2) is 18.2 Å². The molecule has 0 aliphatic rings. The molecule has 1 N–H and O–H groups in total. The fourth-order valence-electron chi connectivity index (χ4n) is 1.51. The summed E-state index contributed by atoms with van der Waals surface area (Å²) in [5.41, 5.74) is 2.68. The summed E-state index contributed by atoms with van der Waals surface area (Å²) in [5.74, 6) is 0. The number of anilines is 1. The van der Waals surface area contributed by atoms with Crippen LogP contribution in [0.4, 0.5) is 5.69 Å². The van der Waals surface area contributed by atoms with Crippen molar-refractivity contribution in [3.63, 3.8) is 0 Å². The molecule has 0 spiro atoms. The zero-order valence-electron chi connectivity index (χ0n) is 10.6. The monoisotopic (exact) mass is 232 g/mol. The van der Waals surface area contributed by atoms with Gasteiger partial charge in [-0.1, -0.05) is 19.4 Å². The van der Waals surface area contributed by atoms with E-state index in [0.29, 0.717) is 12.2 Å². The Morgan fingerprint density at radius 2 is 2.18 bits per heavy atom. The molecule has 0 radical (unpaired) electrons. The summed E-state index contributed by atoms with van der Waals surface area (Å²) in [7, 11) is 0. The minimum Gasteiger partial charge on any atom is -0.382 e. The van der Waals surface area contributed by atoms with Gasteiger partial charge in [-0.05, 0) is 31.0 Å². The van der Waals surface area contributed by atoms with Gasteiger partial charge in [-0.25, -0.2) is 0 Å². The van der Waals surface area contributed by atoms with Crippen LogP contribution in [-0.2, 0) is 4.74 Å². The second kappa shape index (κ2) is 7.70. The Morgan fingerprint density at radius 1 is 1.35 bits per heavy atom. The lowest BCUT2D eigenvalue weighted by Crippen LogP contribution is -2.10. The molecule has 0 bridgehead atoms. The number of hydrogen-bond donors (Lipinski definition) is 1. The van der Waals surface area contributed by atoms with Crippen LogP contribution in [0.5, 0.6) is 0 Å². The molecule has 1 aromatic rings. The molecule has 92 valence electrons. The number of aryl methyl sites for hydroxylation is 1. The minimum atomic E-state index is 0.679. The first kappa shape index (κ1) is 13.5. The Labute approximate surface area is 103 Å². The highest BCUT2D eigenvalue weighted by atomic mass is 16.5. The standard InChI is InChI=1S/C14H20N2O/c1-3-4-8-17-9-7-16-14-6-5-12(2)10-13(14)11-15/h5-6,10,16H,3-4,7-9H2,1-2H3. The number of ether oxygens (including phenoxy) is 1. The highest BCUT2D eigenvalue weighted by molar-refractivity contribution is 5.58. The topological polar surface area (TPSA) is 45.0 Å². The van der Waals surface area contributed by atoms with Gasteiger partial charge in [0.2, 0.25) is 0 Å². The Kier molecular flexibility index (Phi) is 6.13. The maximum atomic E-state index is 8.99. The zero-order valence-corrected chi connectivity index (χ0v) is 10.6. The molecule has 17 heavy (non-hydrogen) atoms. The average Bonchev–Trinajstić information content (AvgIpc) is 2.35. The molecule has 0 aromatic heterocycles. The lowest BCUT2D eigenvalue weighted by atomic mass is 10.1. The van der Waals surface area contributed by atoms with Crippen molar-refractivity contribution >= 4 is 5.69 Å². The van der Waals surface area contributed by atoms with Crippen molar-refractivity contribution in [2.75, 3.05) is 25.1 Å². The van der Waals surface area contributed by atoms with Gasteiger partial charge in [-0.15, -0.1) is 0 Å². The second-order valence-corrected chi connectivity index (χ2v) is 4.05. The van der Waals surface area contributed by atoms with E-state index in [-0.39, 0.29) is 0 Å². The Hall–Kier alpha value is -1.53. The normalized spacial score (nSPS) is 9.94. The molecule has 0 aliphatic carbocycles. The van der Waals surface area contributed by atoms with Gasteiger partial charge in [0.05, 0.1) is 17.9 Å². The Bertz CT molecular complexity index is 382. The molecule has 0 fully saturated rings. The van der Waals surface area contributed by atoms with Crippen molar-refractivity contribution in [3.8, 4) is 6.07 Å². The molecule has 0 atom stereocenters. The molecule has 0 unspecified atom stereocenters. The number of nitrogens with zero attached hydrogens (tertiary/aromatic N) is 1. The van der Waals surface area contributed by atoms with E-state index in [0.717, 1.165) is 37.2 Å². The van der Waals surface area contributed by atoms with Gasteiger partial charge in [0.25, 0.3) is 0 Å². The highest BCUT2D eigenvalue weighted by Gasteiger charge is 2.00.